The third-order valence-electron chi connectivity index (χ3n) is 2.82. The normalized spacial score (nSPS) is 19.8. The van der Waals surface area contributed by atoms with Gasteiger partial charge in [-0.15, -0.1) is 0 Å². The summed E-state index contributed by atoms with van der Waals surface area (Å²) in [4.78, 5) is 13.2. The predicted octanol–water partition coefficient (Wildman–Crippen LogP) is 0.894. The van der Waals surface area contributed by atoms with Crippen LogP contribution < -0.4 is 10.5 Å². The van der Waals surface area contributed by atoms with Gasteiger partial charge in [0.25, 0.3) is 5.91 Å². The number of halogens is 1. The van der Waals surface area contributed by atoms with Crippen LogP contribution in [0.4, 0.5) is 4.39 Å². The zero-order valence-electron chi connectivity index (χ0n) is 9.65. The summed E-state index contributed by atoms with van der Waals surface area (Å²) in [5.74, 6) is -0.107. The minimum Gasteiger partial charge on any atom is -0.480 e. The molecule has 1 saturated heterocycles. The summed E-state index contributed by atoms with van der Waals surface area (Å²) in [7, 11) is 1.72. The topological polar surface area (TPSA) is 55.6 Å². The van der Waals surface area contributed by atoms with Crippen LogP contribution in [-0.4, -0.2) is 30.5 Å². The van der Waals surface area contributed by atoms with Crippen molar-refractivity contribution in [3.63, 3.8) is 0 Å². The van der Waals surface area contributed by atoms with E-state index in [1.54, 1.807) is 18.0 Å². The van der Waals surface area contributed by atoms with Crippen LogP contribution in [0.1, 0.15) is 12.0 Å². The fraction of sp³-hybridized carbons (Fsp3) is 0.417. The molecule has 1 unspecified atom stereocenters. The van der Waals surface area contributed by atoms with Crippen molar-refractivity contribution in [2.45, 2.75) is 19.1 Å². The third-order valence-corrected chi connectivity index (χ3v) is 2.82. The lowest BCUT2D eigenvalue weighted by Gasteiger charge is -2.13. The number of hydrogen-bond donors (Lipinski definition) is 1. The number of carbonyl (C=O) groups excluding carboxylic acids is 1. The molecule has 17 heavy (non-hydrogen) atoms. The second-order valence-electron chi connectivity index (χ2n) is 4.15. The van der Waals surface area contributed by atoms with Crippen LogP contribution in [0.15, 0.2) is 18.2 Å². The largest absolute Gasteiger partial charge is 0.480 e. The molecule has 4 nitrogen and oxygen atoms in total. The van der Waals surface area contributed by atoms with Gasteiger partial charge in [-0.2, -0.15) is 0 Å². The van der Waals surface area contributed by atoms with Gasteiger partial charge in [0.05, 0.1) is 0 Å². The number of likely N-dealkylation sites (N-methyl/N-ethyl adjacent to an activating group) is 1. The van der Waals surface area contributed by atoms with Crippen LogP contribution >= 0.6 is 0 Å². The number of amides is 1. The predicted molar refractivity (Wildman–Crippen MR) is 61.0 cm³/mol. The molecular weight excluding hydrogens is 223 g/mol. The maximum Gasteiger partial charge on any atom is 0.263 e. The summed E-state index contributed by atoms with van der Waals surface area (Å²) in [6, 6.07) is 4.29. The zero-order valence-corrected chi connectivity index (χ0v) is 9.65. The molecule has 1 aliphatic heterocycles. The molecule has 1 aromatic rings. The van der Waals surface area contributed by atoms with E-state index in [0.29, 0.717) is 24.3 Å². The highest BCUT2D eigenvalue weighted by atomic mass is 19.1. The monoisotopic (exact) mass is 238 g/mol. The van der Waals surface area contributed by atoms with Crippen molar-refractivity contribution in [3.05, 3.63) is 29.6 Å². The summed E-state index contributed by atoms with van der Waals surface area (Å²) in [5.41, 5.74) is 6.10. The molecule has 1 fully saturated rings. The van der Waals surface area contributed by atoms with E-state index in [9.17, 15) is 9.18 Å². The molecule has 1 amide bonds. The summed E-state index contributed by atoms with van der Waals surface area (Å²) < 4.78 is 18.7. The minimum absolute atomic E-state index is 0.0661. The molecule has 1 heterocycles. The quantitative estimate of drug-likeness (QED) is 0.851. The molecule has 0 saturated carbocycles. The fourth-order valence-electron chi connectivity index (χ4n) is 1.87. The number of nitrogens with two attached hydrogens (primary N) is 1. The van der Waals surface area contributed by atoms with Crippen LogP contribution in [0.3, 0.4) is 0 Å². The van der Waals surface area contributed by atoms with E-state index in [0.717, 1.165) is 0 Å². The van der Waals surface area contributed by atoms with Gasteiger partial charge in [0, 0.05) is 32.6 Å². The summed E-state index contributed by atoms with van der Waals surface area (Å²) in [6.07, 6.45) is 0.122. The maximum absolute atomic E-state index is 13.2. The van der Waals surface area contributed by atoms with Crippen LogP contribution in [0.5, 0.6) is 5.75 Å². The average molecular weight is 238 g/mol. The van der Waals surface area contributed by atoms with Crippen molar-refractivity contribution >= 4 is 5.91 Å². The van der Waals surface area contributed by atoms with E-state index in [-0.39, 0.29) is 12.5 Å². The fourth-order valence-corrected chi connectivity index (χ4v) is 1.87. The second-order valence-corrected chi connectivity index (χ2v) is 4.15. The van der Waals surface area contributed by atoms with Gasteiger partial charge >= 0.3 is 0 Å². The molecule has 1 aromatic carbocycles. The van der Waals surface area contributed by atoms with Crippen LogP contribution in [0, 0.1) is 5.82 Å². The smallest absolute Gasteiger partial charge is 0.263 e. The second kappa shape index (κ2) is 4.71. The standard InChI is InChI=1S/C12H15FN2O2/c1-15-3-2-11(12(15)16)17-10-5-8(7-14)4-9(13)6-10/h4-6,11H,2-3,7,14H2,1H3. The van der Waals surface area contributed by atoms with E-state index >= 15 is 0 Å². The molecule has 0 spiro atoms. The van der Waals surface area contributed by atoms with Crippen molar-refractivity contribution in [1.82, 2.24) is 4.90 Å². The Bertz CT molecular complexity index is 437. The molecule has 2 N–H and O–H groups in total. The van der Waals surface area contributed by atoms with Crippen molar-refractivity contribution in [2.75, 3.05) is 13.6 Å². The van der Waals surface area contributed by atoms with Gasteiger partial charge in [-0.25, -0.2) is 4.39 Å². The lowest BCUT2D eigenvalue weighted by atomic mass is 10.2. The summed E-state index contributed by atoms with van der Waals surface area (Å²) in [5, 5.41) is 0. The first-order valence-corrected chi connectivity index (χ1v) is 5.51. The van der Waals surface area contributed by atoms with Gasteiger partial charge in [-0.05, 0) is 17.7 Å². The Labute approximate surface area is 99.2 Å². The Kier molecular flexibility index (Phi) is 3.28. The molecule has 0 aliphatic carbocycles. The van der Waals surface area contributed by atoms with Gasteiger partial charge < -0.3 is 15.4 Å². The number of likely N-dealkylation sites (tertiary alicyclic amines) is 1. The third kappa shape index (κ3) is 2.55. The Hall–Kier alpha value is -1.62. The highest BCUT2D eigenvalue weighted by Crippen LogP contribution is 2.21. The van der Waals surface area contributed by atoms with Crippen LogP contribution in [-0.2, 0) is 11.3 Å². The summed E-state index contributed by atoms with van der Waals surface area (Å²) in [6.45, 7) is 0.912. The van der Waals surface area contributed by atoms with E-state index in [2.05, 4.69) is 0 Å². The lowest BCUT2D eigenvalue weighted by molar-refractivity contribution is -0.132. The number of nitrogens with zero attached hydrogens (tertiary/aromatic N) is 1. The highest BCUT2D eigenvalue weighted by molar-refractivity contribution is 5.83. The number of rotatable bonds is 3. The molecule has 0 bridgehead atoms. The Morgan fingerprint density at radius 2 is 2.29 bits per heavy atom. The Morgan fingerprint density at radius 1 is 1.53 bits per heavy atom. The van der Waals surface area contributed by atoms with Crippen molar-refractivity contribution in [1.29, 1.82) is 0 Å². The van der Waals surface area contributed by atoms with E-state index in [4.69, 9.17) is 10.5 Å². The molecule has 5 heteroatoms. The van der Waals surface area contributed by atoms with E-state index in [1.165, 1.54) is 12.1 Å². The van der Waals surface area contributed by atoms with Crippen LogP contribution in [0.25, 0.3) is 0 Å². The first-order valence-electron chi connectivity index (χ1n) is 5.51. The van der Waals surface area contributed by atoms with Gasteiger partial charge in [-0.1, -0.05) is 0 Å². The molecular formula is C12H15FN2O2. The summed E-state index contributed by atoms with van der Waals surface area (Å²) >= 11 is 0. The highest BCUT2D eigenvalue weighted by Gasteiger charge is 2.30. The van der Waals surface area contributed by atoms with Crippen molar-refractivity contribution in [2.24, 2.45) is 5.73 Å². The van der Waals surface area contributed by atoms with Gasteiger partial charge in [0.2, 0.25) is 0 Å². The SMILES string of the molecule is CN1CCC(Oc2cc(F)cc(CN)c2)C1=O. The van der Waals surface area contributed by atoms with Crippen LogP contribution in [0.2, 0.25) is 0 Å². The number of ether oxygens (including phenoxy) is 1. The number of benzene rings is 1. The van der Waals surface area contributed by atoms with Gasteiger partial charge in [0.15, 0.2) is 6.10 Å². The minimum atomic E-state index is -0.507. The average Bonchev–Trinajstić information content (AvgIpc) is 2.60. The van der Waals surface area contributed by atoms with E-state index in [1.807, 2.05) is 0 Å². The number of hydrogen-bond acceptors (Lipinski definition) is 3. The number of carbonyl (C=O) groups is 1. The maximum atomic E-state index is 13.2. The van der Waals surface area contributed by atoms with Crippen molar-refractivity contribution in [3.8, 4) is 5.75 Å². The Balaban J connectivity index is 2.13. The van der Waals surface area contributed by atoms with Gasteiger partial charge in [-0.3, -0.25) is 4.79 Å². The zero-order chi connectivity index (χ0) is 12.4. The molecule has 1 atom stereocenters. The van der Waals surface area contributed by atoms with Gasteiger partial charge in [0.1, 0.15) is 11.6 Å². The molecule has 0 radical (unpaired) electrons. The molecule has 0 aromatic heterocycles. The van der Waals surface area contributed by atoms with Crippen molar-refractivity contribution < 1.29 is 13.9 Å². The molecule has 92 valence electrons. The first kappa shape index (κ1) is 11.9. The van der Waals surface area contributed by atoms with E-state index < -0.39 is 11.9 Å². The first-order chi connectivity index (χ1) is 8.10. The lowest BCUT2D eigenvalue weighted by Crippen LogP contribution is -2.29. The molecule has 1 aliphatic rings. The Morgan fingerprint density at radius 3 is 2.88 bits per heavy atom. The molecule has 2 rings (SSSR count).